The lowest BCUT2D eigenvalue weighted by Crippen LogP contribution is -2.17. The molecule has 1 heterocycles. The average Bonchev–Trinajstić information content (AvgIpc) is 3.15. The summed E-state index contributed by atoms with van der Waals surface area (Å²) in [5.41, 5.74) is 1.36. The lowest BCUT2D eigenvalue weighted by Gasteiger charge is -2.08. The molecule has 0 radical (unpaired) electrons. The van der Waals surface area contributed by atoms with E-state index in [9.17, 15) is 9.59 Å². The highest BCUT2D eigenvalue weighted by Crippen LogP contribution is 2.47. The number of carbonyl (C=O) groups excluding carboxylic acids is 2. The lowest BCUT2D eigenvalue weighted by molar-refractivity contribution is -0.119. The Morgan fingerprint density at radius 2 is 1.69 bits per heavy atom. The lowest BCUT2D eigenvalue weighted by atomic mass is 10.2. The molecule has 3 rings (SSSR count). The molecule has 136 valence electrons. The minimum absolute atomic E-state index is 0.0388. The Hall–Kier alpha value is -2.82. The molecule has 0 bridgehead atoms. The van der Waals surface area contributed by atoms with Crippen LogP contribution in [0.15, 0.2) is 46.9 Å². The van der Waals surface area contributed by atoms with E-state index < -0.39 is 0 Å². The molecule has 2 amide bonds. The molecule has 2 unspecified atom stereocenters. The van der Waals surface area contributed by atoms with Gasteiger partial charge in [0.2, 0.25) is 11.8 Å². The Morgan fingerprint density at radius 1 is 1.08 bits per heavy atom. The van der Waals surface area contributed by atoms with Crippen LogP contribution < -0.4 is 10.6 Å². The van der Waals surface area contributed by atoms with Crippen LogP contribution in [0.1, 0.15) is 44.6 Å². The van der Waals surface area contributed by atoms with Gasteiger partial charge in [-0.2, -0.15) is 0 Å². The molecule has 1 aliphatic carbocycles. The van der Waals surface area contributed by atoms with Gasteiger partial charge in [-0.05, 0) is 54.8 Å². The molecule has 5 heteroatoms. The van der Waals surface area contributed by atoms with Gasteiger partial charge >= 0.3 is 0 Å². The molecule has 2 N–H and O–H groups in total. The van der Waals surface area contributed by atoms with Crippen molar-refractivity contribution < 1.29 is 14.0 Å². The van der Waals surface area contributed by atoms with E-state index in [-0.39, 0.29) is 17.7 Å². The van der Waals surface area contributed by atoms with Crippen LogP contribution in [0, 0.1) is 11.8 Å². The van der Waals surface area contributed by atoms with E-state index in [1.54, 1.807) is 30.3 Å². The van der Waals surface area contributed by atoms with Crippen molar-refractivity contribution in [3.8, 4) is 0 Å². The highest BCUT2D eigenvalue weighted by atomic mass is 16.3. The first-order valence-corrected chi connectivity index (χ1v) is 8.92. The van der Waals surface area contributed by atoms with E-state index in [4.69, 9.17) is 4.42 Å². The third-order valence-corrected chi connectivity index (χ3v) is 4.47. The summed E-state index contributed by atoms with van der Waals surface area (Å²) in [6.45, 7) is 5.88. The molecule has 2 aromatic rings. The molecular weight excluding hydrogens is 328 g/mol. The predicted molar refractivity (Wildman–Crippen MR) is 103 cm³/mol. The summed E-state index contributed by atoms with van der Waals surface area (Å²) in [6.07, 6.45) is 4.29. The smallest absolute Gasteiger partial charge is 0.248 e. The topological polar surface area (TPSA) is 71.3 Å². The molecule has 26 heavy (non-hydrogen) atoms. The standard InChI is InChI=1S/C21H24N2O3/c1-13(2)21(25)23-16-6-4-15(5-7-16)22-20(24)11-9-17-8-10-19(26-17)18-12-14(18)3/h4-11,13-14,18H,12H2,1-3H3,(H,22,24)(H,23,25)/b11-9+. The maximum Gasteiger partial charge on any atom is 0.248 e. The number of furan rings is 1. The van der Waals surface area contributed by atoms with Crippen molar-refractivity contribution in [2.75, 3.05) is 10.6 Å². The van der Waals surface area contributed by atoms with Crippen molar-refractivity contribution in [3.05, 3.63) is 54.0 Å². The zero-order valence-electron chi connectivity index (χ0n) is 15.3. The van der Waals surface area contributed by atoms with E-state index in [0.29, 0.717) is 29.0 Å². The Balaban J connectivity index is 1.52. The van der Waals surface area contributed by atoms with Crippen LogP contribution in [-0.2, 0) is 9.59 Å². The Morgan fingerprint density at radius 3 is 2.27 bits per heavy atom. The molecule has 1 saturated carbocycles. The Bertz CT molecular complexity index is 818. The highest BCUT2D eigenvalue weighted by molar-refractivity contribution is 6.02. The van der Waals surface area contributed by atoms with Crippen LogP contribution in [-0.4, -0.2) is 11.8 Å². The summed E-state index contributed by atoms with van der Waals surface area (Å²) >= 11 is 0. The number of anilines is 2. The van der Waals surface area contributed by atoms with E-state index in [1.807, 2.05) is 26.0 Å². The first kappa shape index (κ1) is 18.0. The maximum atomic E-state index is 12.0. The van der Waals surface area contributed by atoms with Crippen LogP contribution in [0.25, 0.3) is 6.08 Å². The molecule has 0 saturated heterocycles. The average molecular weight is 352 g/mol. The summed E-state index contributed by atoms with van der Waals surface area (Å²) in [5.74, 6) is 2.54. The highest BCUT2D eigenvalue weighted by Gasteiger charge is 2.36. The number of amides is 2. The van der Waals surface area contributed by atoms with Gasteiger partial charge in [0.15, 0.2) is 0 Å². The van der Waals surface area contributed by atoms with Crippen molar-refractivity contribution in [1.29, 1.82) is 0 Å². The Labute approximate surface area is 153 Å². The second-order valence-corrected chi connectivity index (χ2v) is 7.10. The third-order valence-electron chi connectivity index (χ3n) is 4.47. The minimum atomic E-state index is -0.235. The summed E-state index contributed by atoms with van der Waals surface area (Å²) in [4.78, 5) is 23.7. The van der Waals surface area contributed by atoms with Gasteiger partial charge in [-0.25, -0.2) is 0 Å². The molecular formula is C21H24N2O3. The molecule has 0 aliphatic heterocycles. The van der Waals surface area contributed by atoms with Gasteiger partial charge in [-0.3, -0.25) is 9.59 Å². The number of hydrogen-bond acceptors (Lipinski definition) is 3. The monoisotopic (exact) mass is 352 g/mol. The summed E-state index contributed by atoms with van der Waals surface area (Å²) in [7, 11) is 0. The van der Waals surface area contributed by atoms with Gasteiger partial charge in [0, 0.05) is 29.3 Å². The van der Waals surface area contributed by atoms with Crippen LogP contribution in [0.4, 0.5) is 11.4 Å². The van der Waals surface area contributed by atoms with Crippen LogP contribution in [0.5, 0.6) is 0 Å². The van der Waals surface area contributed by atoms with Gasteiger partial charge < -0.3 is 15.1 Å². The number of rotatable bonds is 6. The molecule has 0 spiro atoms. The van der Waals surface area contributed by atoms with Gasteiger partial charge in [0.1, 0.15) is 11.5 Å². The van der Waals surface area contributed by atoms with Gasteiger partial charge in [0.05, 0.1) is 0 Å². The van der Waals surface area contributed by atoms with Crippen LogP contribution in [0.2, 0.25) is 0 Å². The van der Waals surface area contributed by atoms with Crippen LogP contribution in [0.3, 0.4) is 0 Å². The molecule has 5 nitrogen and oxygen atoms in total. The first-order chi connectivity index (χ1) is 12.4. The van der Waals surface area contributed by atoms with Crippen LogP contribution >= 0.6 is 0 Å². The molecule has 1 aromatic carbocycles. The van der Waals surface area contributed by atoms with Gasteiger partial charge in [-0.15, -0.1) is 0 Å². The summed E-state index contributed by atoms with van der Waals surface area (Å²) in [5, 5.41) is 5.59. The van der Waals surface area contributed by atoms with Gasteiger partial charge in [-0.1, -0.05) is 20.8 Å². The van der Waals surface area contributed by atoms with Gasteiger partial charge in [0.25, 0.3) is 0 Å². The van der Waals surface area contributed by atoms with E-state index in [0.717, 1.165) is 5.76 Å². The summed E-state index contributed by atoms with van der Waals surface area (Å²) in [6, 6.07) is 10.9. The minimum Gasteiger partial charge on any atom is -0.461 e. The molecule has 1 aliphatic rings. The second kappa shape index (κ2) is 7.60. The molecule has 1 fully saturated rings. The number of nitrogens with one attached hydrogen (secondary N) is 2. The SMILES string of the molecule is CC(C)C(=O)Nc1ccc(NC(=O)/C=C/c2ccc(C3CC3C)o2)cc1. The van der Waals surface area contributed by atoms with Crippen molar-refractivity contribution in [3.63, 3.8) is 0 Å². The largest absolute Gasteiger partial charge is 0.461 e. The van der Waals surface area contributed by atoms with E-state index >= 15 is 0 Å². The normalized spacial score (nSPS) is 18.9. The number of carbonyl (C=O) groups is 2. The van der Waals surface area contributed by atoms with Crippen molar-refractivity contribution >= 4 is 29.3 Å². The van der Waals surface area contributed by atoms with E-state index in [2.05, 4.69) is 17.6 Å². The third kappa shape index (κ3) is 4.63. The Kier molecular flexibility index (Phi) is 5.26. The zero-order valence-corrected chi connectivity index (χ0v) is 15.3. The predicted octanol–water partition coefficient (Wildman–Crippen LogP) is 4.65. The summed E-state index contributed by atoms with van der Waals surface area (Å²) < 4.78 is 5.74. The maximum absolute atomic E-state index is 12.0. The fourth-order valence-corrected chi connectivity index (χ4v) is 2.64. The van der Waals surface area contributed by atoms with Crippen molar-refractivity contribution in [2.24, 2.45) is 11.8 Å². The quantitative estimate of drug-likeness (QED) is 0.743. The second-order valence-electron chi connectivity index (χ2n) is 7.10. The first-order valence-electron chi connectivity index (χ1n) is 8.92. The number of hydrogen-bond donors (Lipinski definition) is 2. The van der Waals surface area contributed by atoms with Crippen molar-refractivity contribution in [2.45, 2.75) is 33.1 Å². The fourth-order valence-electron chi connectivity index (χ4n) is 2.64. The van der Waals surface area contributed by atoms with E-state index in [1.165, 1.54) is 12.5 Å². The number of benzene rings is 1. The zero-order chi connectivity index (χ0) is 18.7. The molecule has 1 aromatic heterocycles. The molecule has 2 atom stereocenters. The fraction of sp³-hybridized carbons (Fsp3) is 0.333. The van der Waals surface area contributed by atoms with Crippen molar-refractivity contribution in [1.82, 2.24) is 0 Å².